The Balaban J connectivity index is 2.18. The van der Waals surface area contributed by atoms with E-state index >= 15 is 0 Å². The standard InChI is InChI=1S/C10H13N5O2S2/c1-7-6-18-9(14-7)5-13-19(16,17)10-8(15-11)3-2-4-12-10/h2-4,6,13,15H,5,11H2,1H3. The van der Waals surface area contributed by atoms with Gasteiger partial charge in [0.1, 0.15) is 5.01 Å². The molecule has 0 unspecified atom stereocenters. The highest BCUT2D eigenvalue weighted by Gasteiger charge is 2.19. The minimum atomic E-state index is -3.73. The third-order valence-corrected chi connectivity index (χ3v) is 4.59. The molecule has 0 aliphatic heterocycles. The largest absolute Gasteiger partial charge is 0.321 e. The Hall–Kier alpha value is -1.55. The summed E-state index contributed by atoms with van der Waals surface area (Å²) in [5.74, 6) is 5.27. The molecule has 0 aromatic carbocycles. The molecule has 0 atom stereocenters. The van der Waals surface area contributed by atoms with Gasteiger partial charge in [-0.2, -0.15) is 0 Å². The quantitative estimate of drug-likeness (QED) is 0.551. The van der Waals surface area contributed by atoms with E-state index in [9.17, 15) is 8.42 Å². The van der Waals surface area contributed by atoms with E-state index in [1.165, 1.54) is 23.6 Å². The molecule has 0 spiro atoms. The zero-order chi connectivity index (χ0) is 13.9. The number of anilines is 1. The van der Waals surface area contributed by atoms with Crippen molar-refractivity contribution in [1.82, 2.24) is 14.7 Å². The zero-order valence-electron chi connectivity index (χ0n) is 10.1. The van der Waals surface area contributed by atoms with Gasteiger partial charge in [0.25, 0.3) is 10.0 Å². The van der Waals surface area contributed by atoms with Gasteiger partial charge in [0.15, 0.2) is 5.03 Å². The summed E-state index contributed by atoms with van der Waals surface area (Å²) in [6.45, 7) is 1.98. The summed E-state index contributed by atoms with van der Waals surface area (Å²) in [4.78, 5) is 8.01. The van der Waals surface area contributed by atoms with Gasteiger partial charge in [0.05, 0.1) is 12.2 Å². The van der Waals surface area contributed by atoms with Crippen molar-refractivity contribution >= 4 is 27.0 Å². The second kappa shape index (κ2) is 5.61. The molecule has 2 rings (SSSR count). The maximum absolute atomic E-state index is 12.1. The van der Waals surface area contributed by atoms with Crippen molar-refractivity contribution in [2.24, 2.45) is 5.84 Å². The van der Waals surface area contributed by atoms with Crippen LogP contribution in [0, 0.1) is 6.92 Å². The van der Waals surface area contributed by atoms with Crippen LogP contribution in [0.5, 0.6) is 0 Å². The molecule has 7 nitrogen and oxygen atoms in total. The molecule has 0 aliphatic carbocycles. The molecule has 0 radical (unpaired) electrons. The van der Waals surface area contributed by atoms with Gasteiger partial charge in [-0.3, -0.25) is 5.84 Å². The van der Waals surface area contributed by atoms with Crippen LogP contribution in [0.4, 0.5) is 5.69 Å². The van der Waals surface area contributed by atoms with E-state index in [0.717, 1.165) is 5.69 Å². The number of nitrogen functional groups attached to an aromatic ring is 1. The molecular formula is C10H13N5O2S2. The Morgan fingerprint density at radius 3 is 2.89 bits per heavy atom. The van der Waals surface area contributed by atoms with Crippen LogP contribution in [0.15, 0.2) is 28.7 Å². The Morgan fingerprint density at radius 2 is 2.26 bits per heavy atom. The monoisotopic (exact) mass is 299 g/mol. The van der Waals surface area contributed by atoms with Gasteiger partial charge in [-0.25, -0.2) is 23.1 Å². The number of nitrogens with two attached hydrogens (primary N) is 1. The molecule has 19 heavy (non-hydrogen) atoms. The summed E-state index contributed by atoms with van der Waals surface area (Å²) in [5, 5.41) is 2.42. The summed E-state index contributed by atoms with van der Waals surface area (Å²) >= 11 is 1.40. The number of sulfonamides is 1. The summed E-state index contributed by atoms with van der Waals surface area (Å²) < 4.78 is 26.6. The number of hydrogen-bond donors (Lipinski definition) is 3. The Morgan fingerprint density at radius 1 is 1.47 bits per heavy atom. The van der Waals surface area contributed by atoms with Gasteiger partial charge in [-0.15, -0.1) is 11.3 Å². The molecule has 2 aromatic rings. The number of nitrogens with one attached hydrogen (secondary N) is 2. The minimum Gasteiger partial charge on any atom is -0.321 e. The molecular weight excluding hydrogens is 286 g/mol. The number of pyridine rings is 1. The smallest absolute Gasteiger partial charge is 0.260 e. The van der Waals surface area contributed by atoms with E-state index < -0.39 is 10.0 Å². The molecule has 0 amide bonds. The molecule has 0 aliphatic rings. The van der Waals surface area contributed by atoms with Crippen molar-refractivity contribution in [3.05, 3.63) is 34.4 Å². The number of rotatable bonds is 5. The average molecular weight is 299 g/mol. The van der Waals surface area contributed by atoms with E-state index in [-0.39, 0.29) is 17.3 Å². The summed E-state index contributed by atoms with van der Waals surface area (Å²) in [5.41, 5.74) is 3.41. The zero-order valence-corrected chi connectivity index (χ0v) is 11.8. The molecule has 0 saturated heterocycles. The Bertz CT molecular complexity index is 668. The second-order valence-corrected chi connectivity index (χ2v) is 6.33. The molecule has 0 bridgehead atoms. The van der Waals surface area contributed by atoms with Crippen LogP contribution in [0.1, 0.15) is 10.7 Å². The van der Waals surface area contributed by atoms with Crippen molar-refractivity contribution in [3.8, 4) is 0 Å². The Labute approximate surface area is 114 Å². The van der Waals surface area contributed by atoms with Gasteiger partial charge in [0, 0.05) is 17.3 Å². The first-order chi connectivity index (χ1) is 9.03. The number of hydrazine groups is 1. The highest BCUT2D eigenvalue weighted by molar-refractivity contribution is 7.89. The molecule has 2 heterocycles. The lowest BCUT2D eigenvalue weighted by atomic mass is 10.4. The third-order valence-electron chi connectivity index (χ3n) is 2.26. The molecule has 9 heteroatoms. The number of hydrogen-bond acceptors (Lipinski definition) is 7. The maximum Gasteiger partial charge on any atom is 0.260 e. The van der Waals surface area contributed by atoms with E-state index in [4.69, 9.17) is 5.84 Å². The first kappa shape index (κ1) is 13.9. The highest BCUT2D eigenvalue weighted by Crippen LogP contribution is 2.17. The van der Waals surface area contributed by atoms with Crippen LogP contribution in [0.25, 0.3) is 0 Å². The van der Waals surface area contributed by atoms with E-state index in [2.05, 4.69) is 20.1 Å². The maximum atomic E-state index is 12.1. The molecule has 2 aromatic heterocycles. The van der Waals surface area contributed by atoms with Gasteiger partial charge >= 0.3 is 0 Å². The van der Waals surface area contributed by atoms with Crippen LogP contribution in [0.2, 0.25) is 0 Å². The van der Waals surface area contributed by atoms with Crippen molar-refractivity contribution in [2.75, 3.05) is 5.43 Å². The summed E-state index contributed by atoms with van der Waals surface area (Å²) in [6, 6.07) is 3.13. The summed E-state index contributed by atoms with van der Waals surface area (Å²) in [7, 11) is -3.73. The van der Waals surface area contributed by atoms with Crippen LogP contribution in [0.3, 0.4) is 0 Å². The van der Waals surface area contributed by atoms with Gasteiger partial charge < -0.3 is 5.43 Å². The molecule has 102 valence electrons. The van der Waals surface area contributed by atoms with Crippen LogP contribution >= 0.6 is 11.3 Å². The topological polar surface area (TPSA) is 110 Å². The number of aromatic nitrogens is 2. The average Bonchev–Trinajstić information content (AvgIpc) is 2.82. The fourth-order valence-electron chi connectivity index (χ4n) is 1.42. The summed E-state index contributed by atoms with van der Waals surface area (Å²) in [6.07, 6.45) is 1.39. The van der Waals surface area contributed by atoms with Crippen molar-refractivity contribution in [2.45, 2.75) is 18.5 Å². The fourth-order valence-corrected chi connectivity index (χ4v) is 3.31. The van der Waals surface area contributed by atoms with Crippen LogP contribution in [-0.2, 0) is 16.6 Å². The highest BCUT2D eigenvalue weighted by atomic mass is 32.2. The lowest BCUT2D eigenvalue weighted by Crippen LogP contribution is -2.26. The molecule has 0 fully saturated rings. The van der Waals surface area contributed by atoms with Crippen molar-refractivity contribution in [3.63, 3.8) is 0 Å². The van der Waals surface area contributed by atoms with Gasteiger partial charge in [-0.05, 0) is 19.1 Å². The van der Waals surface area contributed by atoms with Crippen molar-refractivity contribution < 1.29 is 8.42 Å². The van der Waals surface area contributed by atoms with E-state index in [1.54, 1.807) is 6.07 Å². The fraction of sp³-hybridized carbons (Fsp3) is 0.200. The number of aryl methyl sites for hydroxylation is 1. The predicted octanol–water partition coefficient (Wildman–Crippen LogP) is 0.611. The van der Waals surface area contributed by atoms with Gasteiger partial charge in [0.2, 0.25) is 0 Å². The lowest BCUT2D eigenvalue weighted by Gasteiger charge is -2.08. The normalized spacial score (nSPS) is 11.5. The molecule has 0 saturated carbocycles. The third kappa shape index (κ3) is 3.26. The lowest BCUT2D eigenvalue weighted by molar-refractivity contribution is 0.577. The molecule has 4 N–H and O–H groups in total. The van der Waals surface area contributed by atoms with Crippen LogP contribution < -0.4 is 16.0 Å². The number of nitrogens with zero attached hydrogens (tertiary/aromatic N) is 2. The SMILES string of the molecule is Cc1csc(CNS(=O)(=O)c2ncccc2NN)n1. The second-order valence-electron chi connectivity index (χ2n) is 3.71. The Kier molecular flexibility index (Phi) is 4.10. The first-order valence-corrected chi connectivity index (χ1v) is 7.71. The predicted molar refractivity (Wildman–Crippen MR) is 72.9 cm³/mol. The van der Waals surface area contributed by atoms with Crippen molar-refractivity contribution in [1.29, 1.82) is 0 Å². The van der Waals surface area contributed by atoms with Crippen LogP contribution in [-0.4, -0.2) is 18.4 Å². The first-order valence-electron chi connectivity index (χ1n) is 5.35. The minimum absolute atomic E-state index is 0.126. The van der Waals surface area contributed by atoms with Gasteiger partial charge in [-0.1, -0.05) is 0 Å². The van der Waals surface area contributed by atoms with E-state index in [0.29, 0.717) is 5.01 Å². The van der Waals surface area contributed by atoms with E-state index in [1.807, 2.05) is 12.3 Å². The number of thiazole rings is 1.